The van der Waals surface area contributed by atoms with Gasteiger partial charge in [0.25, 0.3) is 5.91 Å². The van der Waals surface area contributed by atoms with Crippen LogP contribution in [0.25, 0.3) is 10.1 Å². The van der Waals surface area contributed by atoms with Gasteiger partial charge in [-0.1, -0.05) is 11.6 Å². The number of fused-ring (bicyclic) bond motifs is 1. The van der Waals surface area contributed by atoms with E-state index in [0.29, 0.717) is 23.7 Å². The Bertz CT molecular complexity index is 662. The van der Waals surface area contributed by atoms with Crippen LogP contribution in [-0.2, 0) is 4.74 Å². The van der Waals surface area contributed by atoms with E-state index in [4.69, 9.17) is 10.5 Å². The predicted molar refractivity (Wildman–Crippen MR) is 89.0 cm³/mol. The van der Waals surface area contributed by atoms with E-state index in [-0.39, 0.29) is 11.5 Å². The molecule has 0 atom stereocenters. The highest BCUT2D eigenvalue weighted by atomic mass is 32.1. The smallest absolute Gasteiger partial charge is 0.263 e. The zero-order chi connectivity index (χ0) is 15.6. The van der Waals surface area contributed by atoms with Gasteiger partial charge < -0.3 is 15.8 Å². The van der Waals surface area contributed by atoms with Gasteiger partial charge in [0.1, 0.15) is 4.88 Å². The fourth-order valence-corrected chi connectivity index (χ4v) is 3.23. The van der Waals surface area contributed by atoms with Crippen LogP contribution in [0.15, 0.2) is 18.2 Å². The van der Waals surface area contributed by atoms with Crippen molar-refractivity contribution >= 4 is 33.0 Å². The molecule has 0 saturated heterocycles. The number of carbonyl (C=O) groups is 1. The van der Waals surface area contributed by atoms with Crippen LogP contribution in [-0.4, -0.2) is 24.7 Å². The topological polar surface area (TPSA) is 64.3 Å². The second-order valence-electron chi connectivity index (χ2n) is 5.72. The summed E-state index contributed by atoms with van der Waals surface area (Å²) in [5.41, 5.74) is 7.44. The van der Waals surface area contributed by atoms with E-state index in [1.807, 2.05) is 45.9 Å². The number of rotatable bonds is 5. The van der Waals surface area contributed by atoms with Crippen LogP contribution in [0, 0.1) is 6.92 Å². The molecule has 1 aromatic carbocycles. The van der Waals surface area contributed by atoms with Gasteiger partial charge in [0, 0.05) is 23.2 Å². The Morgan fingerprint density at radius 2 is 2.14 bits per heavy atom. The molecule has 0 aliphatic heterocycles. The third-order valence-electron chi connectivity index (χ3n) is 3.30. The number of amides is 1. The van der Waals surface area contributed by atoms with E-state index < -0.39 is 0 Å². The molecule has 0 aliphatic rings. The quantitative estimate of drug-likeness (QED) is 0.890. The molecule has 2 rings (SSSR count). The van der Waals surface area contributed by atoms with Gasteiger partial charge in [0.05, 0.1) is 11.3 Å². The van der Waals surface area contributed by atoms with Crippen LogP contribution in [0.1, 0.15) is 36.0 Å². The van der Waals surface area contributed by atoms with Gasteiger partial charge >= 0.3 is 0 Å². The third kappa shape index (κ3) is 3.54. The maximum Gasteiger partial charge on any atom is 0.263 e. The Hall–Kier alpha value is -1.59. The summed E-state index contributed by atoms with van der Waals surface area (Å²) in [6.45, 7) is 8.93. The minimum absolute atomic E-state index is 0.140. The molecular formula is C16H22N2O2S. The molecule has 3 N–H and O–H groups in total. The number of ether oxygens (including phenoxy) is 1. The van der Waals surface area contributed by atoms with Crippen molar-refractivity contribution in [1.82, 2.24) is 5.32 Å². The zero-order valence-corrected chi connectivity index (χ0v) is 13.8. The van der Waals surface area contributed by atoms with Crippen molar-refractivity contribution in [1.29, 1.82) is 0 Å². The normalized spacial score (nSPS) is 11.8. The van der Waals surface area contributed by atoms with Crippen molar-refractivity contribution < 1.29 is 9.53 Å². The summed E-state index contributed by atoms with van der Waals surface area (Å²) in [7, 11) is 0. The lowest BCUT2D eigenvalue weighted by Gasteiger charge is -2.24. The van der Waals surface area contributed by atoms with Crippen LogP contribution in [0.4, 0.5) is 5.69 Å². The summed E-state index contributed by atoms with van der Waals surface area (Å²) in [5, 5.41) is 3.86. The van der Waals surface area contributed by atoms with Gasteiger partial charge in [-0.25, -0.2) is 0 Å². The Balaban J connectivity index is 2.18. The molecule has 1 heterocycles. The van der Waals surface area contributed by atoms with Crippen LogP contribution in [0.5, 0.6) is 0 Å². The number of nitrogens with two attached hydrogens (primary N) is 1. The molecule has 0 bridgehead atoms. The van der Waals surface area contributed by atoms with Crippen molar-refractivity contribution in [3.8, 4) is 0 Å². The van der Waals surface area contributed by atoms with Gasteiger partial charge in [-0.3, -0.25) is 4.79 Å². The van der Waals surface area contributed by atoms with E-state index in [9.17, 15) is 4.79 Å². The molecule has 0 spiro atoms. The van der Waals surface area contributed by atoms with Gasteiger partial charge in [-0.15, -0.1) is 11.3 Å². The first-order chi connectivity index (χ1) is 9.84. The maximum atomic E-state index is 12.3. The number of benzene rings is 1. The van der Waals surface area contributed by atoms with Crippen LogP contribution >= 0.6 is 11.3 Å². The largest absolute Gasteiger partial charge is 0.397 e. The number of anilines is 1. The predicted octanol–water partition coefficient (Wildman–Crippen LogP) is 3.34. The highest BCUT2D eigenvalue weighted by molar-refractivity contribution is 7.21. The first-order valence-corrected chi connectivity index (χ1v) is 7.86. The molecule has 1 aromatic heterocycles. The Kier molecular flexibility index (Phi) is 4.54. The standard InChI is InChI=1S/C16H22N2O2S/c1-5-20-16(3,4)9-18-15(19)14-13(17)11-8-10(2)6-7-12(11)21-14/h6-8H,5,9,17H2,1-4H3,(H,18,19). The maximum absolute atomic E-state index is 12.3. The van der Waals surface area contributed by atoms with E-state index in [2.05, 4.69) is 5.32 Å². The molecule has 0 unspecified atom stereocenters. The number of nitrogen functional groups attached to an aromatic ring is 1. The number of carbonyl (C=O) groups excluding carboxylic acids is 1. The monoisotopic (exact) mass is 306 g/mol. The molecule has 114 valence electrons. The summed E-state index contributed by atoms with van der Waals surface area (Å²) >= 11 is 1.43. The van der Waals surface area contributed by atoms with Crippen LogP contribution in [0.2, 0.25) is 0 Å². The van der Waals surface area contributed by atoms with Gasteiger partial charge in [0.2, 0.25) is 0 Å². The van der Waals surface area contributed by atoms with Crippen molar-refractivity contribution in [3.63, 3.8) is 0 Å². The van der Waals surface area contributed by atoms with Crippen molar-refractivity contribution in [2.45, 2.75) is 33.3 Å². The van der Waals surface area contributed by atoms with Crippen molar-refractivity contribution in [3.05, 3.63) is 28.6 Å². The second-order valence-corrected chi connectivity index (χ2v) is 6.77. The first kappa shape index (κ1) is 15.8. The SMILES string of the molecule is CCOC(C)(C)CNC(=O)c1sc2ccc(C)cc2c1N. The van der Waals surface area contributed by atoms with E-state index in [1.165, 1.54) is 11.3 Å². The Morgan fingerprint density at radius 1 is 1.43 bits per heavy atom. The summed E-state index contributed by atoms with van der Waals surface area (Å²) in [5.74, 6) is -0.140. The molecule has 2 aromatic rings. The highest BCUT2D eigenvalue weighted by Gasteiger charge is 2.21. The molecular weight excluding hydrogens is 284 g/mol. The Labute approximate surface area is 129 Å². The molecule has 4 nitrogen and oxygen atoms in total. The number of aryl methyl sites for hydroxylation is 1. The molecule has 0 fully saturated rings. The van der Waals surface area contributed by atoms with Gasteiger partial charge in [-0.2, -0.15) is 0 Å². The zero-order valence-electron chi connectivity index (χ0n) is 12.9. The van der Waals surface area contributed by atoms with Crippen LogP contribution < -0.4 is 11.1 Å². The minimum Gasteiger partial charge on any atom is -0.397 e. The van der Waals surface area contributed by atoms with Gasteiger partial charge in [0.15, 0.2) is 0 Å². The molecule has 5 heteroatoms. The molecule has 1 amide bonds. The number of hydrogen-bond donors (Lipinski definition) is 2. The lowest BCUT2D eigenvalue weighted by molar-refractivity contribution is -0.00812. The number of hydrogen-bond acceptors (Lipinski definition) is 4. The average Bonchev–Trinajstić information content (AvgIpc) is 2.73. The molecule has 21 heavy (non-hydrogen) atoms. The summed E-state index contributed by atoms with van der Waals surface area (Å²) < 4.78 is 6.61. The summed E-state index contributed by atoms with van der Waals surface area (Å²) in [6, 6.07) is 6.05. The number of nitrogens with one attached hydrogen (secondary N) is 1. The summed E-state index contributed by atoms with van der Waals surface area (Å²) in [4.78, 5) is 12.9. The highest BCUT2D eigenvalue weighted by Crippen LogP contribution is 2.34. The average molecular weight is 306 g/mol. The molecule has 0 saturated carbocycles. The second kappa shape index (κ2) is 6.03. The van der Waals surface area contributed by atoms with Crippen molar-refractivity contribution in [2.75, 3.05) is 18.9 Å². The fourth-order valence-electron chi connectivity index (χ4n) is 2.21. The molecule has 0 aliphatic carbocycles. The molecule has 0 radical (unpaired) electrons. The third-order valence-corrected chi connectivity index (χ3v) is 4.48. The summed E-state index contributed by atoms with van der Waals surface area (Å²) in [6.07, 6.45) is 0. The van der Waals surface area contributed by atoms with Crippen LogP contribution in [0.3, 0.4) is 0 Å². The lowest BCUT2D eigenvalue weighted by atomic mass is 10.1. The van der Waals surface area contributed by atoms with E-state index >= 15 is 0 Å². The minimum atomic E-state index is -0.382. The fraction of sp³-hybridized carbons (Fsp3) is 0.438. The van der Waals surface area contributed by atoms with E-state index in [0.717, 1.165) is 15.6 Å². The van der Waals surface area contributed by atoms with Gasteiger partial charge in [-0.05, 0) is 39.8 Å². The number of thiophene rings is 1. The first-order valence-electron chi connectivity index (χ1n) is 7.05. The van der Waals surface area contributed by atoms with E-state index in [1.54, 1.807) is 0 Å². The Morgan fingerprint density at radius 3 is 2.81 bits per heavy atom. The lowest BCUT2D eigenvalue weighted by Crippen LogP contribution is -2.40. The van der Waals surface area contributed by atoms with Crippen molar-refractivity contribution in [2.24, 2.45) is 0 Å².